The van der Waals surface area contributed by atoms with Gasteiger partial charge in [0.2, 0.25) is 0 Å². The number of nitro benzene ring substituents is 2. The second-order valence-corrected chi connectivity index (χ2v) is 9.27. The van der Waals surface area contributed by atoms with Crippen molar-refractivity contribution in [2.24, 2.45) is 5.10 Å². The number of rotatable bonds is 12. The number of ether oxygens (including phenoxy) is 1. The summed E-state index contributed by atoms with van der Waals surface area (Å²) in [5, 5.41) is 28.9. The molecule has 12 nitrogen and oxygen atoms in total. The third-order valence-electron chi connectivity index (χ3n) is 5.42. The number of hydrogen-bond acceptors (Lipinski definition) is 9. The number of nitrogens with one attached hydrogen (secondary N) is 2. The summed E-state index contributed by atoms with van der Waals surface area (Å²) in [5.41, 5.74) is 3.44. The van der Waals surface area contributed by atoms with E-state index in [1.54, 1.807) is 19.2 Å². The first-order chi connectivity index (χ1) is 18.7. The lowest BCUT2D eigenvalue weighted by Crippen LogP contribution is -2.47. The first-order valence-electron chi connectivity index (χ1n) is 11.5. The maximum atomic E-state index is 13.0. The molecule has 3 aromatic rings. The summed E-state index contributed by atoms with van der Waals surface area (Å²) in [6, 6.07) is 16.3. The quantitative estimate of drug-likeness (QED) is 0.194. The molecule has 39 heavy (non-hydrogen) atoms. The van der Waals surface area contributed by atoms with Crippen molar-refractivity contribution in [2.45, 2.75) is 18.7 Å². The van der Waals surface area contributed by atoms with Crippen molar-refractivity contribution in [3.63, 3.8) is 0 Å². The van der Waals surface area contributed by atoms with E-state index in [2.05, 4.69) is 15.8 Å². The van der Waals surface area contributed by atoms with Crippen LogP contribution in [0.1, 0.15) is 27.0 Å². The van der Waals surface area contributed by atoms with Crippen LogP contribution in [0.3, 0.4) is 0 Å². The summed E-state index contributed by atoms with van der Waals surface area (Å²) >= 11 is 1.37. The number of nitro groups is 2. The molecule has 13 heteroatoms. The molecule has 0 heterocycles. The average molecular weight is 552 g/mol. The Kier molecular flexibility index (Phi) is 10.1. The number of hydrazone groups is 1. The maximum Gasteiger partial charge on any atom is 0.277 e. The molecular weight excluding hydrogens is 526 g/mol. The molecule has 0 radical (unpaired) electrons. The van der Waals surface area contributed by atoms with E-state index in [0.29, 0.717) is 17.1 Å². The molecule has 0 aromatic heterocycles. The minimum Gasteiger partial charge on any atom is -0.496 e. The van der Waals surface area contributed by atoms with Crippen LogP contribution in [-0.4, -0.2) is 46.8 Å². The Morgan fingerprint density at radius 3 is 2.31 bits per heavy atom. The number of benzene rings is 3. The first kappa shape index (κ1) is 28.8. The summed E-state index contributed by atoms with van der Waals surface area (Å²) in [7, 11) is 1.54. The summed E-state index contributed by atoms with van der Waals surface area (Å²) < 4.78 is 5.28. The summed E-state index contributed by atoms with van der Waals surface area (Å²) in [6.07, 6.45) is 1.42. The van der Waals surface area contributed by atoms with Crippen LogP contribution in [0.4, 0.5) is 11.4 Å². The molecule has 1 atom stereocenters. The highest BCUT2D eigenvalue weighted by molar-refractivity contribution is 7.98. The minimum absolute atomic E-state index is 0.136. The first-order valence-corrected chi connectivity index (χ1v) is 12.7. The van der Waals surface area contributed by atoms with Crippen molar-refractivity contribution in [3.05, 3.63) is 109 Å². The molecule has 2 amide bonds. The van der Waals surface area contributed by atoms with Gasteiger partial charge in [-0.15, -0.1) is 0 Å². The topological polar surface area (TPSA) is 166 Å². The Hall–Kier alpha value is -4.78. The molecular formula is C26H25N5O7S. The molecule has 0 saturated heterocycles. The van der Waals surface area contributed by atoms with Crippen LogP contribution in [0, 0.1) is 27.2 Å². The number of non-ortho nitro benzene ring substituents is 2. The molecule has 0 aliphatic carbocycles. The highest BCUT2D eigenvalue weighted by atomic mass is 32.2. The van der Waals surface area contributed by atoms with Crippen molar-refractivity contribution < 1.29 is 24.2 Å². The molecule has 1 unspecified atom stereocenters. The fourth-order valence-corrected chi connectivity index (χ4v) is 4.41. The lowest BCUT2D eigenvalue weighted by atomic mass is 10.1. The minimum atomic E-state index is -1.10. The summed E-state index contributed by atoms with van der Waals surface area (Å²) in [6.45, 7) is 1.89. The van der Waals surface area contributed by atoms with Gasteiger partial charge in [0, 0.05) is 23.6 Å². The van der Waals surface area contributed by atoms with Crippen LogP contribution >= 0.6 is 11.8 Å². The third-order valence-corrected chi connectivity index (χ3v) is 6.53. The molecule has 2 N–H and O–H groups in total. The molecule has 0 aliphatic rings. The number of aryl methyl sites for hydroxylation is 1. The lowest BCUT2D eigenvalue weighted by molar-refractivity contribution is -0.394. The van der Waals surface area contributed by atoms with Gasteiger partial charge in [0.15, 0.2) is 0 Å². The monoisotopic (exact) mass is 551 g/mol. The molecule has 0 bridgehead atoms. The van der Waals surface area contributed by atoms with E-state index in [1.807, 2.05) is 43.3 Å². The standard InChI is InChI=1S/C26H25N5O7S/c1-17-8-9-19(10-24(17)38-2)14-27-29-26(33)23(16-39-15-18-6-4-3-5-7-18)28-25(32)20-11-21(30(34)35)13-22(12-20)31(36)37/h3-14,23H,15-16H2,1-2H3,(H,28,32)(H,29,33)/b27-14+. The normalized spacial score (nSPS) is 11.5. The second-order valence-electron chi connectivity index (χ2n) is 8.24. The van der Waals surface area contributed by atoms with E-state index in [9.17, 15) is 29.8 Å². The van der Waals surface area contributed by atoms with Gasteiger partial charge in [-0.25, -0.2) is 5.43 Å². The number of methoxy groups -OCH3 is 1. The Morgan fingerprint density at radius 1 is 1.03 bits per heavy atom. The van der Waals surface area contributed by atoms with Crippen LogP contribution in [0.5, 0.6) is 5.75 Å². The van der Waals surface area contributed by atoms with E-state index in [0.717, 1.165) is 29.3 Å². The van der Waals surface area contributed by atoms with Gasteiger partial charge >= 0.3 is 0 Å². The summed E-state index contributed by atoms with van der Waals surface area (Å²) in [4.78, 5) is 46.7. The highest BCUT2D eigenvalue weighted by Gasteiger charge is 2.25. The van der Waals surface area contributed by atoms with Gasteiger partial charge in [0.1, 0.15) is 11.8 Å². The maximum absolute atomic E-state index is 13.0. The number of amides is 2. The zero-order chi connectivity index (χ0) is 28.4. The molecule has 3 aromatic carbocycles. The van der Waals surface area contributed by atoms with Crippen LogP contribution < -0.4 is 15.5 Å². The number of carbonyl (C=O) groups excluding carboxylic acids is 2. The number of hydrogen-bond donors (Lipinski definition) is 2. The Morgan fingerprint density at radius 2 is 1.69 bits per heavy atom. The van der Waals surface area contributed by atoms with Crippen molar-refractivity contribution in [1.82, 2.24) is 10.7 Å². The zero-order valence-electron chi connectivity index (χ0n) is 21.0. The van der Waals surface area contributed by atoms with Crippen molar-refractivity contribution in [2.75, 3.05) is 12.9 Å². The second kappa shape index (κ2) is 13.7. The Labute approximate surface area is 227 Å². The van der Waals surface area contributed by atoms with Gasteiger partial charge in [-0.1, -0.05) is 42.5 Å². The number of carbonyl (C=O) groups is 2. The molecule has 0 aliphatic heterocycles. The largest absolute Gasteiger partial charge is 0.496 e. The zero-order valence-corrected chi connectivity index (χ0v) is 21.8. The molecule has 0 saturated carbocycles. The molecule has 3 rings (SSSR count). The van der Waals surface area contributed by atoms with E-state index in [4.69, 9.17) is 4.74 Å². The fourth-order valence-electron chi connectivity index (χ4n) is 3.40. The number of thioether (sulfide) groups is 1. The van der Waals surface area contributed by atoms with Gasteiger partial charge in [0.05, 0.1) is 34.8 Å². The SMILES string of the molecule is COc1cc(/C=N/NC(=O)C(CSCc2ccccc2)NC(=O)c2cc([N+](=O)[O-])cc([N+](=O)[O-])c2)ccc1C. The predicted octanol–water partition coefficient (Wildman–Crippen LogP) is 4.00. The van der Waals surface area contributed by atoms with Gasteiger partial charge in [-0.2, -0.15) is 16.9 Å². The Balaban J connectivity index is 1.77. The van der Waals surface area contributed by atoms with Crippen molar-refractivity contribution >= 4 is 41.2 Å². The molecule has 0 spiro atoms. The summed E-state index contributed by atoms with van der Waals surface area (Å²) in [5.74, 6) is -0.181. The van der Waals surface area contributed by atoms with E-state index in [1.165, 1.54) is 18.0 Å². The smallest absolute Gasteiger partial charge is 0.277 e. The van der Waals surface area contributed by atoms with Gasteiger partial charge in [-0.05, 0) is 29.7 Å². The number of nitrogens with zero attached hydrogens (tertiary/aromatic N) is 3. The van der Waals surface area contributed by atoms with Gasteiger partial charge < -0.3 is 10.1 Å². The highest BCUT2D eigenvalue weighted by Crippen LogP contribution is 2.23. The van der Waals surface area contributed by atoms with Crippen LogP contribution in [0.25, 0.3) is 0 Å². The molecule has 0 fully saturated rings. The van der Waals surface area contributed by atoms with Crippen LogP contribution in [-0.2, 0) is 10.5 Å². The van der Waals surface area contributed by atoms with E-state index >= 15 is 0 Å². The van der Waals surface area contributed by atoms with Crippen molar-refractivity contribution in [1.29, 1.82) is 0 Å². The predicted molar refractivity (Wildman–Crippen MR) is 147 cm³/mol. The average Bonchev–Trinajstić information content (AvgIpc) is 2.93. The fraction of sp³-hybridized carbons (Fsp3) is 0.192. The third kappa shape index (κ3) is 8.36. The van der Waals surface area contributed by atoms with Crippen LogP contribution in [0.2, 0.25) is 0 Å². The Bertz CT molecular complexity index is 1370. The van der Waals surface area contributed by atoms with Gasteiger partial charge in [-0.3, -0.25) is 29.8 Å². The van der Waals surface area contributed by atoms with Crippen LogP contribution in [0.15, 0.2) is 71.8 Å². The van der Waals surface area contributed by atoms with Gasteiger partial charge in [0.25, 0.3) is 23.2 Å². The van der Waals surface area contributed by atoms with E-state index in [-0.39, 0.29) is 11.3 Å². The molecule has 202 valence electrons. The lowest BCUT2D eigenvalue weighted by Gasteiger charge is -2.17. The van der Waals surface area contributed by atoms with Crippen molar-refractivity contribution in [3.8, 4) is 5.75 Å². The van der Waals surface area contributed by atoms with E-state index < -0.39 is 39.1 Å².